The minimum Gasteiger partial charge on any atom is -0.356 e. The van der Waals surface area contributed by atoms with E-state index in [1.54, 1.807) is 0 Å². The zero-order valence-electron chi connectivity index (χ0n) is 8.16. The summed E-state index contributed by atoms with van der Waals surface area (Å²) in [7, 11) is 0. The molecule has 0 amide bonds. The molecule has 1 aromatic rings. The maximum Gasteiger partial charge on any atom is 0.119 e. The van der Waals surface area contributed by atoms with E-state index in [-0.39, 0.29) is 0 Å². The molecule has 0 bridgehead atoms. The zero-order valence-corrected chi connectivity index (χ0v) is 8.16. The highest BCUT2D eigenvalue weighted by Gasteiger charge is 2.19. The molecule has 1 saturated heterocycles. The maximum atomic E-state index is 5.50. The minimum atomic E-state index is 0.361. The third-order valence-corrected chi connectivity index (χ3v) is 2.45. The first-order valence-corrected chi connectivity index (χ1v) is 4.69. The molecule has 1 atom stereocenters. The van der Waals surface area contributed by atoms with Gasteiger partial charge in [0.2, 0.25) is 0 Å². The fourth-order valence-corrected chi connectivity index (χ4v) is 1.72. The molecule has 0 aliphatic carbocycles. The van der Waals surface area contributed by atoms with Crippen molar-refractivity contribution in [3.63, 3.8) is 0 Å². The molecule has 70 valence electrons. The first kappa shape index (κ1) is 8.57. The van der Waals surface area contributed by atoms with Crippen molar-refractivity contribution in [3.05, 3.63) is 29.8 Å². The Morgan fingerprint density at radius 1 is 1.38 bits per heavy atom. The Balaban J connectivity index is 2.21. The van der Waals surface area contributed by atoms with Gasteiger partial charge in [-0.15, -0.1) is 0 Å². The normalized spacial score (nSPS) is 22.3. The van der Waals surface area contributed by atoms with Gasteiger partial charge in [-0.05, 0) is 25.5 Å². The molecule has 13 heavy (non-hydrogen) atoms. The van der Waals surface area contributed by atoms with Crippen LogP contribution in [0.25, 0.3) is 0 Å². The third kappa shape index (κ3) is 1.68. The highest BCUT2D eigenvalue weighted by atomic mass is 16.5. The molecule has 0 radical (unpaired) electrons. The second-order valence-corrected chi connectivity index (χ2v) is 3.62. The summed E-state index contributed by atoms with van der Waals surface area (Å²) in [6.45, 7) is 5.98. The van der Waals surface area contributed by atoms with E-state index in [0.717, 1.165) is 13.3 Å². The van der Waals surface area contributed by atoms with E-state index in [4.69, 9.17) is 4.74 Å². The van der Waals surface area contributed by atoms with Crippen molar-refractivity contribution >= 4 is 5.69 Å². The molecule has 1 aliphatic heterocycles. The van der Waals surface area contributed by atoms with Gasteiger partial charge in [-0.2, -0.15) is 0 Å². The average molecular weight is 177 g/mol. The Labute approximate surface area is 79.1 Å². The van der Waals surface area contributed by atoms with Crippen molar-refractivity contribution in [1.29, 1.82) is 0 Å². The maximum absolute atomic E-state index is 5.50. The molecule has 1 aromatic carbocycles. The fourth-order valence-electron chi connectivity index (χ4n) is 1.72. The summed E-state index contributed by atoms with van der Waals surface area (Å²) >= 11 is 0. The van der Waals surface area contributed by atoms with Gasteiger partial charge in [0, 0.05) is 12.2 Å². The summed E-state index contributed by atoms with van der Waals surface area (Å²) < 4.78 is 5.50. The molecule has 0 saturated carbocycles. The van der Waals surface area contributed by atoms with Crippen molar-refractivity contribution < 1.29 is 4.74 Å². The van der Waals surface area contributed by atoms with Crippen LogP contribution in [0.4, 0.5) is 5.69 Å². The Morgan fingerprint density at radius 3 is 2.77 bits per heavy atom. The summed E-state index contributed by atoms with van der Waals surface area (Å²) in [4.78, 5) is 2.28. The number of benzene rings is 1. The number of hydrogen-bond donors (Lipinski definition) is 0. The summed E-state index contributed by atoms with van der Waals surface area (Å²) in [5.41, 5.74) is 2.62. The van der Waals surface area contributed by atoms with Gasteiger partial charge in [0.1, 0.15) is 6.73 Å². The fraction of sp³-hybridized carbons (Fsp3) is 0.455. The van der Waals surface area contributed by atoms with Crippen LogP contribution >= 0.6 is 0 Å². The second kappa shape index (κ2) is 3.38. The smallest absolute Gasteiger partial charge is 0.119 e. The van der Waals surface area contributed by atoms with Gasteiger partial charge in [-0.3, -0.25) is 0 Å². The van der Waals surface area contributed by atoms with Crippen molar-refractivity contribution in [3.8, 4) is 0 Å². The van der Waals surface area contributed by atoms with Crippen LogP contribution in [0.3, 0.4) is 0 Å². The third-order valence-electron chi connectivity index (χ3n) is 2.45. The first-order valence-electron chi connectivity index (χ1n) is 4.69. The number of ether oxygens (including phenoxy) is 1. The number of hydrogen-bond acceptors (Lipinski definition) is 2. The van der Waals surface area contributed by atoms with E-state index < -0.39 is 0 Å². The Hall–Kier alpha value is -1.02. The van der Waals surface area contributed by atoms with E-state index in [2.05, 4.69) is 43.0 Å². The largest absolute Gasteiger partial charge is 0.356 e. The lowest BCUT2D eigenvalue weighted by atomic mass is 10.2. The van der Waals surface area contributed by atoms with E-state index >= 15 is 0 Å². The summed E-state index contributed by atoms with van der Waals surface area (Å²) in [5, 5.41) is 0. The lowest BCUT2D eigenvalue weighted by Crippen LogP contribution is -2.20. The number of nitrogens with zero attached hydrogens (tertiary/aromatic N) is 1. The van der Waals surface area contributed by atoms with Crippen LogP contribution in [-0.4, -0.2) is 19.4 Å². The number of rotatable bonds is 1. The second-order valence-electron chi connectivity index (χ2n) is 3.62. The minimum absolute atomic E-state index is 0.361. The molecule has 0 spiro atoms. The van der Waals surface area contributed by atoms with E-state index in [0.29, 0.717) is 6.10 Å². The quantitative estimate of drug-likeness (QED) is 0.652. The van der Waals surface area contributed by atoms with Gasteiger partial charge >= 0.3 is 0 Å². The lowest BCUT2D eigenvalue weighted by molar-refractivity contribution is 0.130. The van der Waals surface area contributed by atoms with Crippen LogP contribution in [0.15, 0.2) is 24.3 Å². The molecule has 1 aliphatic rings. The zero-order chi connectivity index (χ0) is 9.26. The van der Waals surface area contributed by atoms with Crippen LogP contribution in [0.5, 0.6) is 0 Å². The Bertz CT molecular complexity index is 298. The predicted octanol–water partition coefficient (Wildman–Crippen LogP) is 2.18. The van der Waals surface area contributed by atoms with Gasteiger partial charge in [0.15, 0.2) is 0 Å². The summed E-state index contributed by atoms with van der Waals surface area (Å²) in [5.74, 6) is 0. The Morgan fingerprint density at radius 2 is 2.15 bits per heavy atom. The van der Waals surface area contributed by atoms with Gasteiger partial charge in [-0.25, -0.2) is 0 Å². The van der Waals surface area contributed by atoms with Gasteiger partial charge in [-0.1, -0.05) is 18.2 Å². The molecule has 2 nitrogen and oxygen atoms in total. The molecule has 1 fully saturated rings. The van der Waals surface area contributed by atoms with Crippen molar-refractivity contribution in [2.45, 2.75) is 20.0 Å². The molecule has 2 heteroatoms. The molecule has 0 N–H and O–H groups in total. The van der Waals surface area contributed by atoms with Crippen molar-refractivity contribution in [2.24, 2.45) is 0 Å². The highest BCUT2D eigenvalue weighted by molar-refractivity contribution is 5.53. The molecule has 0 aromatic heterocycles. The van der Waals surface area contributed by atoms with Crippen LogP contribution in [0.1, 0.15) is 12.5 Å². The van der Waals surface area contributed by atoms with E-state index in [1.807, 2.05) is 0 Å². The van der Waals surface area contributed by atoms with Gasteiger partial charge in [0.25, 0.3) is 0 Å². The topological polar surface area (TPSA) is 12.5 Å². The van der Waals surface area contributed by atoms with Crippen LogP contribution in [0.2, 0.25) is 0 Å². The van der Waals surface area contributed by atoms with Gasteiger partial charge < -0.3 is 9.64 Å². The predicted molar refractivity (Wildman–Crippen MR) is 53.9 cm³/mol. The van der Waals surface area contributed by atoms with Gasteiger partial charge in [0.05, 0.1) is 6.10 Å². The lowest BCUT2D eigenvalue weighted by Gasteiger charge is -2.18. The van der Waals surface area contributed by atoms with Crippen LogP contribution in [0, 0.1) is 6.92 Å². The van der Waals surface area contributed by atoms with E-state index in [9.17, 15) is 0 Å². The van der Waals surface area contributed by atoms with E-state index in [1.165, 1.54) is 11.3 Å². The number of anilines is 1. The van der Waals surface area contributed by atoms with Crippen LogP contribution in [-0.2, 0) is 4.74 Å². The molecule has 2 rings (SSSR count). The van der Waals surface area contributed by atoms with Crippen molar-refractivity contribution in [2.75, 3.05) is 18.2 Å². The Kier molecular flexibility index (Phi) is 2.23. The molecule has 1 heterocycles. The highest BCUT2D eigenvalue weighted by Crippen LogP contribution is 2.22. The average Bonchev–Trinajstić information content (AvgIpc) is 2.53. The molecule has 1 unspecified atom stereocenters. The number of aryl methyl sites for hydroxylation is 1. The number of para-hydroxylation sites is 1. The van der Waals surface area contributed by atoms with Crippen molar-refractivity contribution in [1.82, 2.24) is 0 Å². The monoisotopic (exact) mass is 177 g/mol. The first-order chi connectivity index (χ1) is 6.27. The summed E-state index contributed by atoms with van der Waals surface area (Å²) in [6.07, 6.45) is 0.361. The standard InChI is InChI=1S/C11H15NO/c1-9-5-3-4-6-11(9)12-7-10(2)13-8-12/h3-6,10H,7-8H2,1-2H3. The van der Waals surface area contributed by atoms with Crippen LogP contribution < -0.4 is 4.90 Å². The summed E-state index contributed by atoms with van der Waals surface area (Å²) in [6, 6.07) is 8.43. The molecular weight excluding hydrogens is 162 g/mol. The SMILES string of the molecule is Cc1ccccc1N1COC(C)C1. The molecular formula is C11H15NO.